The molecule has 3 aromatic rings. The summed E-state index contributed by atoms with van der Waals surface area (Å²) < 4.78 is 2.00. The maximum absolute atomic E-state index is 5.83. The van der Waals surface area contributed by atoms with Crippen LogP contribution in [-0.2, 0) is 0 Å². The van der Waals surface area contributed by atoms with E-state index in [9.17, 15) is 0 Å². The van der Waals surface area contributed by atoms with Crippen LogP contribution in [0.4, 0.5) is 5.69 Å². The number of hydrogen-bond donors (Lipinski definition) is 1. The molecule has 2 N–H and O–H groups in total. The third kappa shape index (κ3) is 2.13. The highest BCUT2D eigenvalue weighted by Gasteiger charge is 2.12. The van der Waals surface area contributed by atoms with E-state index in [4.69, 9.17) is 5.73 Å². The van der Waals surface area contributed by atoms with Gasteiger partial charge < -0.3 is 5.73 Å². The number of thiazole rings is 1. The minimum Gasteiger partial charge on any atom is -0.399 e. The molecule has 0 aliphatic rings. The molecule has 0 saturated heterocycles. The van der Waals surface area contributed by atoms with Gasteiger partial charge in [-0.05, 0) is 26.0 Å². The number of nitrogens with zero attached hydrogens (tertiary/aromatic N) is 3. The minimum atomic E-state index is 0.735. The molecule has 0 aliphatic heterocycles. The molecule has 1 aromatic carbocycles. The van der Waals surface area contributed by atoms with Crippen molar-refractivity contribution in [1.82, 2.24) is 14.5 Å². The van der Waals surface area contributed by atoms with Crippen LogP contribution in [0.2, 0.25) is 0 Å². The summed E-state index contributed by atoms with van der Waals surface area (Å²) in [6.07, 6.45) is 3.71. The second-order valence-corrected chi connectivity index (χ2v) is 5.57. The number of rotatable bonds is 2. The predicted molar refractivity (Wildman–Crippen MR) is 78.6 cm³/mol. The summed E-state index contributed by atoms with van der Waals surface area (Å²) in [6.45, 7) is 4.10. The van der Waals surface area contributed by atoms with Crippen molar-refractivity contribution in [1.29, 1.82) is 0 Å². The fourth-order valence-electron chi connectivity index (χ4n) is 1.91. The lowest BCUT2D eigenvalue weighted by Crippen LogP contribution is -1.96. The van der Waals surface area contributed by atoms with E-state index in [1.165, 1.54) is 4.88 Å². The monoisotopic (exact) mass is 270 g/mol. The molecule has 0 atom stereocenters. The van der Waals surface area contributed by atoms with Crippen LogP contribution in [-0.4, -0.2) is 14.5 Å². The minimum absolute atomic E-state index is 0.735. The van der Waals surface area contributed by atoms with Gasteiger partial charge in [0.25, 0.3) is 0 Å². The molecular formula is C14H14N4S. The third-order valence-corrected chi connectivity index (χ3v) is 4.08. The van der Waals surface area contributed by atoms with Crippen LogP contribution < -0.4 is 5.73 Å². The van der Waals surface area contributed by atoms with Gasteiger partial charge in [-0.2, -0.15) is 0 Å². The van der Waals surface area contributed by atoms with Crippen molar-refractivity contribution in [2.45, 2.75) is 13.8 Å². The van der Waals surface area contributed by atoms with E-state index in [1.54, 1.807) is 17.5 Å². The molecule has 0 amide bonds. The van der Waals surface area contributed by atoms with Crippen LogP contribution in [0.1, 0.15) is 10.6 Å². The van der Waals surface area contributed by atoms with Gasteiger partial charge >= 0.3 is 0 Å². The molecule has 0 saturated carbocycles. The Labute approximate surface area is 115 Å². The number of imidazole rings is 1. The molecule has 0 spiro atoms. The van der Waals surface area contributed by atoms with Crippen LogP contribution in [0, 0.1) is 13.8 Å². The Morgan fingerprint density at radius 3 is 2.79 bits per heavy atom. The van der Waals surface area contributed by atoms with Crippen molar-refractivity contribution in [2.75, 3.05) is 5.73 Å². The first kappa shape index (κ1) is 11.9. The number of nitrogen functional groups attached to an aromatic ring is 1. The third-order valence-electron chi connectivity index (χ3n) is 3.01. The van der Waals surface area contributed by atoms with E-state index in [0.29, 0.717) is 0 Å². The maximum Gasteiger partial charge on any atom is 0.195 e. The Morgan fingerprint density at radius 2 is 2.11 bits per heavy atom. The van der Waals surface area contributed by atoms with E-state index >= 15 is 0 Å². The number of aromatic nitrogens is 3. The molecule has 19 heavy (non-hydrogen) atoms. The highest BCUT2D eigenvalue weighted by atomic mass is 32.1. The van der Waals surface area contributed by atoms with Gasteiger partial charge in [-0.25, -0.2) is 9.97 Å². The first-order chi connectivity index (χ1) is 9.15. The van der Waals surface area contributed by atoms with Gasteiger partial charge in [0.15, 0.2) is 5.13 Å². The molecule has 0 unspecified atom stereocenters. The van der Waals surface area contributed by atoms with Gasteiger partial charge in [-0.3, -0.25) is 4.57 Å². The van der Waals surface area contributed by atoms with Crippen LogP contribution in [0.3, 0.4) is 0 Å². The molecule has 2 aromatic heterocycles. The Morgan fingerprint density at radius 1 is 1.26 bits per heavy atom. The Balaban J connectivity index is 2.13. The molecule has 5 heteroatoms. The van der Waals surface area contributed by atoms with Gasteiger partial charge in [0.2, 0.25) is 0 Å². The van der Waals surface area contributed by atoms with Gasteiger partial charge in [0.1, 0.15) is 5.82 Å². The van der Waals surface area contributed by atoms with Crippen LogP contribution >= 0.6 is 11.3 Å². The lowest BCUT2D eigenvalue weighted by Gasteiger charge is -2.05. The topological polar surface area (TPSA) is 56.7 Å². The van der Waals surface area contributed by atoms with Crippen molar-refractivity contribution in [2.24, 2.45) is 0 Å². The summed E-state index contributed by atoms with van der Waals surface area (Å²) in [4.78, 5) is 10.2. The Kier molecular flexibility index (Phi) is 2.83. The first-order valence-corrected chi connectivity index (χ1v) is 6.80. The van der Waals surface area contributed by atoms with Gasteiger partial charge in [0, 0.05) is 28.5 Å². The highest BCUT2D eigenvalue weighted by Crippen LogP contribution is 2.26. The second kappa shape index (κ2) is 4.51. The standard InChI is InChI=1S/C14H14N4S/c1-9-10(2)19-14(17-9)18-7-6-16-13(18)11-4-3-5-12(15)8-11/h3-8H,15H2,1-2H3. The van der Waals surface area contributed by atoms with Crippen molar-refractivity contribution in [3.8, 4) is 16.5 Å². The Hall–Kier alpha value is -2.14. The molecule has 96 valence electrons. The number of hydrogen-bond acceptors (Lipinski definition) is 4. The lowest BCUT2D eigenvalue weighted by molar-refractivity contribution is 1.02. The van der Waals surface area contributed by atoms with Crippen LogP contribution in [0.5, 0.6) is 0 Å². The van der Waals surface area contributed by atoms with Gasteiger partial charge in [-0.1, -0.05) is 12.1 Å². The molecule has 3 rings (SSSR count). The van der Waals surface area contributed by atoms with Gasteiger partial charge in [0.05, 0.1) is 5.69 Å². The first-order valence-electron chi connectivity index (χ1n) is 5.99. The van der Waals surface area contributed by atoms with E-state index in [2.05, 4.69) is 16.9 Å². The average molecular weight is 270 g/mol. The zero-order chi connectivity index (χ0) is 13.4. The molecule has 0 radical (unpaired) electrons. The molecule has 0 aliphatic carbocycles. The van der Waals surface area contributed by atoms with Crippen LogP contribution in [0.15, 0.2) is 36.7 Å². The summed E-state index contributed by atoms with van der Waals surface area (Å²) in [6, 6.07) is 7.73. The van der Waals surface area contributed by atoms with E-state index in [1.807, 2.05) is 42.0 Å². The number of nitrogens with two attached hydrogens (primary N) is 1. The summed E-state index contributed by atoms with van der Waals surface area (Å²) in [5.74, 6) is 0.862. The summed E-state index contributed by atoms with van der Waals surface area (Å²) >= 11 is 1.67. The summed E-state index contributed by atoms with van der Waals surface area (Å²) in [5, 5.41) is 0.935. The normalized spacial score (nSPS) is 10.8. The average Bonchev–Trinajstić information content (AvgIpc) is 2.97. The maximum atomic E-state index is 5.83. The second-order valence-electron chi connectivity index (χ2n) is 4.38. The Bertz CT molecular complexity index is 707. The highest BCUT2D eigenvalue weighted by molar-refractivity contribution is 7.14. The molecule has 0 bridgehead atoms. The fourth-order valence-corrected chi connectivity index (χ4v) is 2.80. The number of anilines is 1. The van der Waals surface area contributed by atoms with Crippen molar-refractivity contribution in [3.05, 3.63) is 47.2 Å². The van der Waals surface area contributed by atoms with Crippen molar-refractivity contribution < 1.29 is 0 Å². The van der Waals surface area contributed by atoms with E-state index < -0.39 is 0 Å². The fraction of sp³-hybridized carbons (Fsp3) is 0.143. The quantitative estimate of drug-likeness (QED) is 0.727. The zero-order valence-corrected chi connectivity index (χ0v) is 11.6. The number of benzene rings is 1. The largest absolute Gasteiger partial charge is 0.399 e. The zero-order valence-electron chi connectivity index (χ0n) is 10.8. The molecule has 2 heterocycles. The molecule has 0 fully saturated rings. The predicted octanol–water partition coefficient (Wildman–Crippen LogP) is 3.19. The molecule has 4 nitrogen and oxygen atoms in total. The van der Waals surface area contributed by atoms with Crippen molar-refractivity contribution >= 4 is 17.0 Å². The van der Waals surface area contributed by atoms with E-state index in [0.717, 1.165) is 27.9 Å². The van der Waals surface area contributed by atoms with Crippen molar-refractivity contribution in [3.63, 3.8) is 0 Å². The van der Waals surface area contributed by atoms with E-state index in [-0.39, 0.29) is 0 Å². The lowest BCUT2D eigenvalue weighted by atomic mass is 10.2. The summed E-state index contributed by atoms with van der Waals surface area (Å²) in [5.41, 5.74) is 8.62. The SMILES string of the molecule is Cc1nc(-n2ccnc2-c2cccc(N)c2)sc1C. The summed E-state index contributed by atoms with van der Waals surface area (Å²) in [7, 11) is 0. The van der Waals surface area contributed by atoms with Crippen LogP contribution in [0.25, 0.3) is 16.5 Å². The molecular weight excluding hydrogens is 256 g/mol. The smallest absolute Gasteiger partial charge is 0.195 e. The number of aryl methyl sites for hydroxylation is 2. The van der Waals surface area contributed by atoms with Gasteiger partial charge in [-0.15, -0.1) is 11.3 Å².